The standard InChI is InChI=1S/C33H38N4O5S/c1-21-14-15-25-28(16-21)43-32(35-25)42-24-17-27-29(38)36-33(31(40)41)18-23(33)12-8-3-2-4-9-13-26(30(39)37(27)20-24)34-19-22-10-6-5-7-11-22/h5-8,10-12,14-16,23-24,26-27,34H,2-4,9,13,17-20H2,1H3,(H,36,38)(H,40,41)/b12-8-/t23-,24+,26-,27-,33+/m0/s1. The molecule has 10 heteroatoms. The first-order valence-electron chi connectivity index (χ1n) is 15.2. The molecule has 6 rings (SSSR count). The molecule has 226 valence electrons. The summed E-state index contributed by atoms with van der Waals surface area (Å²) in [6, 6.07) is 14.6. The minimum atomic E-state index is -1.34. The minimum Gasteiger partial charge on any atom is -0.479 e. The molecule has 1 saturated carbocycles. The fourth-order valence-electron chi connectivity index (χ4n) is 6.24. The number of allylic oxidation sites excluding steroid dienone is 1. The summed E-state index contributed by atoms with van der Waals surface area (Å²) in [5, 5.41) is 16.9. The number of carboxylic acids is 1. The first kappa shape index (κ1) is 29.3. The summed E-state index contributed by atoms with van der Waals surface area (Å²) in [6.07, 6.45) is 8.37. The van der Waals surface area contributed by atoms with Gasteiger partial charge in [-0.25, -0.2) is 9.78 Å². The van der Waals surface area contributed by atoms with Crippen LogP contribution < -0.4 is 15.4 Å². The van der Waals surface area contributed by atoms with Crippen LogP contribution >= 0.6 is 11.3 Å². The molecule has 0 bridgehead atoms. The predicted octanol–water partition coefficient (Wildman–Crippen LogP) is 4.59. The number of nitrogens with zero attached hydrogens (tertiary/aromatic N) is 2. The summed E-state index contributed by atoms with van der Waals surface area (Å²) in [6.45, 7) is 2.77. The number of carboxylic acid groups (broad SMARTS) is 1. The van der Waals surface area contributed by atoms with Crippen molar-refractivity contribution in [1.82, 2.24) is 20.5 Å². The van der Waals surface area contributed by atoms with Crippen molar-refractivity contribution in [3.63, 3.8) is 0 Å². The highest BCUT2D eigenvalue weighted by Crippen LogP contribution is 2.45. The van der Waals surface area contributed by atoms with Crippen LogP contribution in [0, 0.1) is 12.8 Å². The van der Waals surface area contributed by atoms with Gasteiger partial charge in [-0.05, 0) is 55.9 Å². The Morgan fingerprint density at radius 3 is 2.84 bits per heavy atom. The quantitative estimate of drug-likeness (QED) is 0.353. The fraction of sp³-hybridized carbons (Fsp3) is 0.455. The van der Waals surface area contributed by atoms with Crippen LogP contribution in [0.15, 0.2) is 60.7 Å². The molecule has 1 aliphatic carbocycles. The number of rotatable bonds is 6. The number of carbonyl (C=O) groups excluding carboxylic acids is 2. The van der Waals surface area contributed by atoms with Crippen molar-refractivity contribution in [2.45, 2.75) is 82.1 Å². The Bertz CT molecular complexity index is 1520. The normalized spacial score (nSPS) is 28.7. The number of hydrogen-bond donors (Lipinski definition) is 3. The number of aromatic nitrogens is 1. The van der Waals surface area contributed by atoms with E-state index >= 15 is 0 Å². The number of benzene rings is 2. The predicted molar refractivity (Wildman–Crippen MR) is 165 cm³/mol. The Hall–Kier alpha value is -3.76. The van der Waals surface area contributed by atoms with Crippen molar-refractivity contribution in [1.29, 1.82) is 0 Å². The minimum absolute atomic E-state index is 0.160. The van der Waals surface area contributed by atoms with Crippen LogP contribution in [0.5, 0.6) is 5.19 Å². The smallest absolute Gasteiger partial charge is 0.330 e. The molecule has 43 heavy (non-hydrogen) atoms. The molecule has 2 aromatic carbocycles. The number of carbonyl (C=O) groups is 3. The van der Waals surface area contributed by atoms with E-state index in [0.29, 0.717) is 24.6 Å². The van der Waals surface area contributed by atoms with Crippen LogP contribution in [0.2, 0.25) is 0 Å². The van der Waals surface area contributed by atoms with Crippen LogP contribution in [0.1, 0.15) is 56.1 Å². The lowest BCUT2D eigenvalue weighted by molar-refractivity contribution is -0.145. The third-order valence-electron chi connectivity index (χ3n) is 8.81. The van der Waals surface area contributed by atoms with E-state index in [4.69, 9.17) is 4.74 Å². The molecule has 5 atom stereocenters. The zero-order chi connectivity index (χ0) is 30.0. The van der Waals surface area contributed by atoms with E-state index in [0.717, 1.165) is 47.0 Å². The molecule has 1 aromatic heterocycles. The summed E-state index contributed by atoms with van der Waals surface area (Å²) in [5.41, 5.74) is 1.71. The van der Waals surface area contributed by atoms with Crippen molar-refractivity contribution >= 4 is 39.3 Å². The van der Waals surface area contributed by atoms with Gasteiger partial charge in [0.1, 0.15) is 17.7 Å². The monoisotopic (exact) mass is 602 g/mol. The number of ether oxygens (including phenoxy) is 1. The maximum Gasteiger partial charge on any atom is 0.330 e. The van der Waals surface area contributed by atoms with Gasteiger partial charge in [0.25, 0.3) is 5.19 Å². The summed E-state index contributed by atoms with van der Waals surface area (Å²) < 4.78 is 7.31. The maximum absolute atomic E-state index is 14.2. The van der Waals surface area contributed by atoms with Crippen LogP contribution in [0.4, 0.5) is 0 Å². The number of hydrogen-bond acceptors (Lipinski definition) is 7. The molecule has 3 heterocycles. The number of amides is 2. The molecule has 2 amide bonds. The van der Waals surface area contributed by atoms with Gasteiger partial charge in [-0.2, -0.15) is 0 Å². The average molecular weight is 603 g/mol. The lowest BCUT2D eigenvalue weighted by Crippen LogP contribution is -2.55. The zero-order valence-corrected chi connectivity index (χ0v) is 25.1. The summed E-state index contributed by atoms with van der Waals surface area (Å²) in [4.78, 5) is 46.6. The Morgan fingerprint density at radius 1 is 1.19 bits per heavy atom. The first-order valence-corrected chi connectivity index (χ1v) is 16.0. The second-order valence-corrected chi connectivity index (χ2v) is 13.0. The lowest BCUT2D eigenvalue weighted by atomic mass is 10.0. The highest BCUT2D eigenvalue weighted by Gasteiger charge is 2.61. The highest BCUT2D eigenvalue weighted by molar-refractivity contribution is 7.20. The van der Waals surface area contributed by atoms with Crippen LogP contribution in [0.3, 0.4) is 0 Å². The second-order valence-electron chi connectivity index (χ2n) is 12.0. The number of fused-ring (bicyclic) bond motifs is 3. The molecule has 3 aromatic rings. The third-order valence-corrected chi connectivity index (χ3v) is 9.72. The fourth-order valence-corrected chi connectivity index (χ4v) is 7.22. The molecular formula is C33H38N4O5S. The van der Waals surface area contributed by atoms with E-state index < -0.39 is 35.6 Å². The maximum atomic E-state index is 14.2. The lowest BCUT2D eigenvalue weighted by Gasteiger charge is -2.29. The van der Waals surface area contributed by atoms with Gasteiger partial charge in [0.15, 0.2) is 0 Å². The molecule has 0 radical (unpaired) electrons. The third kappa shape index (κ3) is 6.45. The van der Waals surface area contributed by atoms with Gasteiger partial charge in [-0.15, -0.1) is 0 Å². The molecule has 3 N–H and O–H groups in total. The molecule has 1 saturated heterocycles. The topological polar surface area (TPSA) is 121 Å². The van der Waals surface area contributed by atoms with Crippen molar-refractivity contribution in [2.75, 3.05) is 6.54 Å². The first-order chi connectivity index (χ1) is 20.8. The Kier molecular flexibility index (Phi) is 8.50. The van der Waals surface area contributed by atoms with Crippen molar-refractivity contribution in [3.8, 4) is 5.19 Å². The second kappa shape index (κ2) is 12.5. The highest BCUT2D eigenvalue weighted by atomic mass is 32.1. The summed E-state index contributed by atoms with van der Waals surface area (Å²) in [7, 11) is 0. The zero-order valence-electron chi connectivity index (χ0n) is 24.3. The van der Waals surface area contributed by atoms with Gasteiger partial charge < -0.3 is 25.4 Å². The van der Waals surface area contributed by atoms with E-state index in [9.17, 15) is 19.5 Å². The van der Waals surface area contributed by atoms with E-state index in [1.54, 1.807) is 4.90 Å². The van der Waals surface area contributed by atoms with Crippen molar-refractivity contribution < 1.29 is 24.2 Å². The molecule has 2 aliphatic heterocycles. The molecule has 3 aliphatic rings. The van der Waals surface area contributed by atoms with Crippen LogP contribution in [0.25, 0.3) is 10.2 Å². The van der Waals surface area contributed by atoms with Crippen LogP contribution in [-0.4, -0.2) is 63.0 Å². The largest absolute Gasteiger partial charge is 0.479 e. The van der Waals surface area contributed by atoms with Gasteiger partial charge in [-0.1, -0.05) is 72.7 Å². The average Bonchev–Trinajstić information content (AvgIpc) is 3.31. The number of thiazole rings is 1. The van der Waals surface area contributed by atoms with Gasteiger partial charge >= 0.3 is 5.97 Å². The summed E-state index contributed by atoms with van der Waals surface area (Å²) >= 11 is 1.44. The van der Waals surface area contributed by atoms with E-state index in [2.05, 4.69) is 21.7 Å². The van der Waals surface area contributed by atoms with E-state index in [-0.39, 0.29) is 24.8 Å². The van der Waals surface area contributed by atoms with Gasteiger partial charge in [0.2, 0.25) is 11.8 Å². The van der Waals surface area contributed by atoms with E-state index in [1.165, 1.54) is 11.3 Å². The molecule has 2 fully saturated rings. The van der Waals surface area contributed by atoms with Gasteiger partial charge in [0.05, 0.1) is 22.8 Å². The van der Waals surface area contributed by atoms with Gasteiger partial charge in [-0.3, -0.25) is 9.59 Å². The van der Waals surface area contributed by atoms with Gasteiger partial charge in [0, 0.05) is 18.9 Å². The molecule has 0 unspecified atom stereocenters. The molecule has 0 spiro atoms. The Balaban J connectivity index is 1.26. The Labute approximate surface area is 255 Å². The molecular weight excluding hydrogens is 564 g/mol. The summed E-state index contributed by atoms with van der Waals surface area (Å²) in [5.74, 6) is -1.92. The van der Waals surface area contributed by atoms with E-state index in [1.807, 2.05) is 61.5 Å². The van der Waals surface area contributed by atoms with Crippen LogP contribution in [-0.2, 0) is 20.9 Å². The number of aliphatic carboxylic acids is 1. The Morgan fingerprint density at radius 2 is 2.02 bits per heavy atom. The number of nitrogens with one attached hydrogen (secondary N) is 2. The number of aryl methyl sites for hydroxylation is 1. The van der Waals surface area contributed by atoms with Crippen molar-refractivity contribution in [2.24, 2.45) is 5.92 Å². The SMILES string of the molecule is Cc1ccc2nc(O[C@@H]3C[C@H]4C(=O)N[C@]5(C(=O)O)C[C@@H]5/C=C\CCCCC[C@H](NCc5ccccc5)C(=O)N4C3)sc2c1. The molecule has 9 nitrogen and oxygen atoms in total. The van der Waals surface area contributed by atoms with Crippen molar-refractivity contribution in [3.05, 3.63) is 71.8 Å².